The molecular formula is C45H78O7S. The van der Waals surface area contributed by atoms with Gasteiger partial charge in [-0.05, 0) is 51.2 Å². The van der Waals surface area contributed by atoms with Gasteiger partial charge in [0.05, 0.1) is 24.4 Å². The SMILES string of the molecule is CCCCCCCCCCCC[C@H](OCOC)[C@@H]1CC[C@H]([C@@H](CCCCCCCCCCCCC2(Sc3ccccc3)C[C@H](C)OC2=O)OCOC)O1. The molecule has 306 valence electrons. The third-order valence-corrected chi connectivity index (χ3v) is 12.7. The smallest absolute Gasteiger partial charge is 0.322 e. The normalized spacial score (nSPS) is 22.7. The zero-order valence-electron chi connectivity index (χ0n) is 34.3. The van der Waals surface area contributed by atoms with Crippen LogP contribution in [0.15, 0.2) is 35.2 Å². The number of rotatable bonds is 34. The van der Waals surface area contributed by atoms with Gasteiger partial charge in [-0.15, -0.1) is 11.8 Å². The average molecular weight is 763 g/mol. The summed E-state index contributed by atoms with van der Waals surface area (Å²) in [6.07, 6.45) is 31.9. The molecule has 0 radical (unpaired) electrons. The van der Waals surface area contributed by atoms with Gasteiger partial charge in [0.15, 0.2) is 0 Å². The fourth-order valence-corrected chi connectivity index (χ4v) is 9.68. The molecule has 0 saturated carbocycles. The summed E-state index contributed by atoms with van der Waals surface area (Å²) in [7, 11) is 3.40. The fraction of sp³-hybridized carbons (Fsp3) is 0.844. The number of benzene rings is 1. The number of thioether (sulfide) groups is 1. The molecule has 1 aromatic carbocycles. The zero-order valence-corrected chi connectivity index (χ0v) is 35.2. The number of methoxy groups -OCH3 is 2. The average Bonchev–Trinajstić information content (AvgIpc) is 3.76. The van der Waals surface area contributed by atoms with Crippen LogP contribution in [-0.2, 0) is 33.2 Å². The van der Waals surface area contributed by atoms with E-state index in [0.717, 1.165) is 56.3 Å². The lowest BCUT2D eigenvalue weighted by Gasteiger charge is -2.27. The van der Waals surface area contributed by atoms with Gasteiger partial charge < -0.3 is 28.4 Å². The van der Waals surface area contributed by atoms with Crippen molar-refractivity contribution < 1.29 is 33.2 Å². The Balaban J connectivity index is 1.25. The Morgan fingerprint density at radius 3 is 1.57 bits per heavy atom. The van der Waals surface area contributed by atoms with Crippen molar-refractivity contribution in [3.63, 3.8) is 0 Å². The Morgan fingerprint density at radius 2 is 1.13 bits per heavy atom. The molecule has 0 aromatic heterocycles. The maximum atomic E-state index is 12.9. The standard InChI is InChI=1S/C45H78O7S/c1-5-6-7-8-9-10-13-16-19-25-30-40(49-36-47-3)42-32-33-43(52-42)41(50-37-48-4)31-26-20-17-14-11-12-15-18-21-27-34-45(35-38(2)51-44(45)46)53-39-28-23-22-24-29-39/h22-24,28-29,38,40-43H,5-21,25-27,30-37H2,1-4H3/t38-,40-,41+,42-,43+,45?/m0/s1. The summed E-state index contributed by atoms with van der Waals surface area (Å²) >= 11 is 1.71. The maximum absolute atomic E-state index is 12.9. The fourth-order valence-electron chi connectivity index (χ4n) is 8.24. The minimum Gasteiger partial charge on any atom is -0.462 e. The van der Waals surface area contributed by atoms with E-state index in [4.69, 9.17) is 28.4 Å². The largest absolute Gasteiger partial charge is 0.462 e. The molecule has 6 atom stereocenters. The molecule has 2 heterocycles. The molecule has 8 heteroatoms. The van der Waals surface area contributed by atoms with Crippen molar-refractivity contribution in [2.45, 2.75) is 221 Å². The van der Waals surface area contributed by atoms with Crippen LogP contribution in [0.5, 0.6) is 0 Å². The molecule has 0 N–H and O–H groups in total. The van der Waals surface area contributed by atoms with E-state index in [-0.39, 0.29) is 36.5 Å². The lowest BCUT2D eigenvalue weighted by atomic mass is 9.96. The molecule has 1 unspecified atom stereocenters. The van der Waals surface area contributed by atoms with E-state index in [0.29, 0.717) is 13.6 Å². The molecule has 1 aromatic rings. The van der Waals surface area contributed by atoms with Crippen molar-refractivity contribution in [3.05, 3.63) is 30.3 Å². The molecule has 2 saturated heterocycles. The van der Waals surface area contributed by atoms with E-state index in [1.165, 1.54) is 116 Å². The Labute approximate surface area is 329 Å². The van der Waals surface area contributed by atoms with Gasteiger partial charge in [0.25, 0.3) is 0 Å². The van der Waals surface area contributed by atoms with Crippen molar-refractivity contribution in [1.29, 1.82) is 0 Å². The van der Waals surface area contributed by atoms with Gasteiger partial charge in [-0.1, -0.05) is 154 Å². The first-order valence-electron chi connectivity index (χ1n) is 21.8. The molecule has 7 nitrogen and oxygen atoms in total. The molecule has 0 aliphatic carbocycles. The highest BCUT2D eigenvalue weighted by Gasteiger charge is 2.48. The first-order valence-corrected chi connectivity index (χ1v) is 22.6. The topological polar surface area (TPSA) is 72.5 Å². The first kappa shape index (κ1) is 46.2. The highest BCUT2D eigenvalue weighted by Crippen LogP contribution is 2.46. The predicted molar refractivity (Wildman–Crippen MR) is 218 cm³/mol. The van der Waals surface area contributed by atoms with E-state index in [2.05, 4.69) is 19.1 Å². The van der Waals surface area contributed by atoms with E-state index in [9.17, 15) is 4.79 Å². The van der Waals surface area contributed by atoms with Crippen molar-refractivity contribution in [1.82, 2.24) is 0 Å². The van der Waals surface area contributed by atoms with Crippen LogP contribution in [0.2, 0.25) is 0 Å². The van der Waals surface area contributed by atoms with Crippen molar-refractivity contribution >= 4 is 17.7 Å². The van der Waals surface area contributed by atoms with Gasteiger partial charge in [0.2, 0.25) is 0 Å². The summed E-state index contributed by atoms with van der Waals surface area (Å²) in [5.41, 5.74) is 0. The molecule has 53 heavy (non-hydrogen) atoms. The molecule has 2 aliphatic rings. The number of carbonyl (C=O) groups is 1. The molecule has 0 amide bonds. The lowest BCUT2D eigenvalue weighted by Crippen LogP contribution is -2.34. The van der Waals surface area contributed by atoms with Gasteiger partial charge >= 0.3 is 5.97 Å². The highest BCUT2D eigenvalue weighted by atomic mass is 32.2. The van der Waals surface area contributed by atoms with Gasteiger partial charge in [-0.25, -0.2) is 0 Å². The first-order chi connectivity index (χ1) is 26.0. The number of esters is 1. The second-order valence-electron chi connectivity index (χ2n) is 15.9. The van der Waals surface area contributed by atoms with E-state index in [1.54, 1.807) is 26.0 Å². The van der Waals surface area contributed by atoms with Crippen LogP contribution in [0.3, 0.4) is 0 Å². The van der Waals surface area contributed by atoms with Gasteiger partial charge in [0, 0.05) is 25.5 Å². The maximum Gasteiger partial charge on any atom is 0.322 e. The van der Waals surface area contributed by atoms with Crippen LogP contribution in [0, 0.1) is 0 Å². The van der Waals surface area contributed by atoms with E-state index in [1.807, 2.05) is 25.1 Å². The van der Waals surface area contributed by atoms with Crippen LogP contribution in [0.25, 0.3) is 0 Å². The summed E-state index contributed by atoms with van der Waals surface area (Å²) in [6.45, 7) is 4.94. The Kier molecular flexibility index (Phi) is 25.4. The Hall–Kier alpha value is -1.16. The van der Waals surface area contributed by atoms with Crippen LogP contribution in [0.1, 0.15) is 181 Å². The number of unbranched alkanes of at least 4 members (excludes halogenated alkanes) is 18. The number of carbonyl (C=O) groups excluding carboxylic acids is 1. The van der Waals surface area contributed by atoms with E-state index < -0.39 is 4.75 Å². The minimum atomic E-state index is -0.424. The Morgan fingerprint density at radius 1 is 0.679 bits per heavy atom. The predicted octanol–water partition coefficient (Wildman–Crippen LogP) is 12.4. The number of cyclic esters (lactones) is 1. The molecule has 0 bridgehead atoms. The second-order valence-corrected chi connectivity index (χ2v) is 17.3. The molecule has 2 aliphatic heterocycles. The summed E-state index contributed by atoms with van der Waals surface area (Å²) in [5.74, 6) is -0.0219. The minimum absolute atomic E-state index is 0.00824. The quantitative estimate of drug-likeness (QED) is 0.0390. The van der Waals surface area contributed by atoms with Crippen LogP contribution < -0.4 is 0 Å². The van der Waals surface area contributed by atoms with E-state index >= 15 is 0 Å². The summed E-state index contributed by atoms with van der Waals surface area (Å²) < 4.78 is 34.8. The molecule has 2 fully saturated rings. The molecule has 3 rings (SSSR count). The molecular weight excluding hydrogens is 685 g/mol. The van der Waals surface area contributed by atoms with Crippen molar-refractivity contribution in [2.24, 2.45) is 0 Å². The van der Waals surface area contributed by atoms with Crippen molar-refractivity contribution in [3.8, 4) is 0 Å². The second kappa shape index (κ2) is 29.1. The summed E-state index contributed by atoms with van der Waals surface area (Å²) in [6, 6.07) is 10.3. The van der Waals surface area contributed by atoms with Gasteiger partial charge in [-0.3, -0.25) is 4.79 Å². The van der Waals surface area contributed by atoms with Gasteiger partial charge in [0.1, 0.15) is 24.4 Å². The zero-order chi connectivity index (χ0) is 37.8. The van der Waals surface area contributed by atoms with Gasteiger partial charge in [-0.2, -0.15) is 0 Å². The summed E-state index contributed by atoms with van der Waals surface area (Å²) in [5, 5.41) is 0. The van der Waals surface area contributed by atoms with Crippen molar-refractivity contribution in [2.75, 3.05) is 27.8 Å². The molecule has 0 spiro atoms. The number of hydrogen-bond acceptors (Lipinski definition) is 8. The number of hydrogen-bond donors (Lipinski definition) is 0. The lowest BCUT2D eigenvalue weighted by molar-refractivity contribution is -0.159. The van der Waals surface area contributed by atoms with Crippen LogP contribution in [0.4, 0.5) is 0 Å². The third-order valence-electron chi connectivity index (χ3n) is 11.2. The number of ether oxygens (including phenoxy) is 6. The monoisotopic (exact) mass is 763 g/mol. The van der Waals surface area contributed by atoms with Crippen LogP contribution >= 0.6 is 11.8 Å². The van der Waals surface area contributed by atoms with Crippen LogP contribution in [-0.4, -0.2) is 69.0 Å². The Bertz CT molecular complexity index is 1030. The third kappa shape index (κ3) is 19.0. The summed E-state index contributed by atoms with van der Waals surface area (Å²) in [4.78, 5) is 14.0. The highest BCUT2D eigenvalue weighted by molar-refractivity contribution is 8.01.